The van der Waals surface area contributed by atoms with Crippen LogP contribution in [0, 0.1) is 5.92 Å². The maximum absolute atomic E-state index is 14.0. The maximum atomic E-state index is 14.0. The molecule has 0 aliphatic carbocycles. The molecule has 2 aliphatic heterocycles. The fourth-order valence-electron chi connectivity index (χ4n) is 6.57. The Morgan fingerprint density at radius 3 is 2.38 bits per heavy atom. The molecule has 0 radical (unpaired) electrons. The number of hydrogen-bond acceptors (Lipinski definition) is 6. The zero-order chi connectivity index (χ0) is 27.3. The number of fused-ring (bicyclic) bond motifs is 2. The minimum Gasteiger partial charge on any atom is -1.00 e. The molecule has 2 aromatic rings. The van der Waals surface area contributed by atoms with Crippen molar-refractivity contribution < 1.29 is 52.3 Å². The van der Waals surface area contributed by atoms with Crippen molar-refractivity contribution in [1.82, 2.24) is 10.3 Å². The summed E-state index contributed by atoms with van der Waals surface area (Å²) in [6.45, 7) is 4.70. The number of nitrogens with zero attached hydrogens (tertiary/aromatic N) is 2. The van der Waals surface area contributed by atoms with Gasteiger partial charge in [0.15, 0.2) is 0 Å². The highest BCUT2D eigenvalue weighted by Crippen LogP contribution is 2.55. The van der Waals surface area contributed by atoms with E-state index < -0.39 is 18.0 Å². The van der Waals surface area contributed by atoms with Crippen LogP contribution in [0.25, 0.3) is 0 Å². The molecule has 2 saturated heterocycles. The van der Waals surface area contributed by atoms with Crippen molar-refractivity contribution in [1.29, 1.82) is 0 Å². The van der Waals surface area contributed by atoms with Crippen LogP contribution in [0.2, 0.25) is 5.15 Å². The SMILES string of the molecule is CCOC(=O)CCC(NC(=O)C1C(c2ccc(Cl)nc2)C2CCC1[N+]2(C)Cc1ccccc1)C(=O)OCC.[I-]. The van der Waals surface area contributed by atoms with Crippen LogP contribution in [0.4, 0.5) is 0 Å². The number of amides is 1. The van der Waals surface area contributed by atoms with E-state index in [0.29, 0.717) is 5.15 Å². The lowest BCUT2D eigenvalue weighted by atomic mass is 9.75. The zero-order valence-electron chi connectivity index (χ0n) is 22.6. The topological polar surface area (TPSA) is 94.6 Å². The summed E-state index contributed by atoms with van der Waals surface area (Å²) in [4.78, 5) is 43.1. The van der Waals surface area contributed by atoms with Crippen molar-refractivity contribution in [2.45, 2.75) is 70.1 Å². The van der Waals surface area contributed by atoms with Crippen LogP contribution in [0.15, 0.2) is 48.7 Å². The third kappa shape index (κ3) is 6.92. The lowest BCUT2D eigenvalue weighted by Crippen LogP contribution is -3.00. The number of nitrogens with one attached hydrogen (secondary N) is 1. The van der Waals surface area contributed by atoms with E-state index in [2.05, 4.69) is 29.5 Å². The van der Waals surface area contributed by atoms with Crippen molar-refractivity contribution >= 4 is 29.4 Å². The summed E-state index contributed by atoms with van der Waals surface area (Å²) in [6.07, 6.45) is 3.81. The molecular formula is C29H37ClIN3O5. The molecular weight excluding hydrogens is 633 g/mol. The number of carbonyl (C=O) groups is 3. The Morgan fingerprint density at radius 1 is 1.05 bits per heavy atom. The zero-order valence-corrected chi connectivity index (χ0v) is 25.6. The molecule has 3 heterocycles. The van der Waals surface area contributed by atoms with Gasteiger partial charge in [-0.1, -0.05) is 48.0 Å². The van der Waals surface area contributed by atoms with E-state index in [1.165, 1.54) is 5.56 Å². The number of rotatable bonds is 11. The minimum atomic E-state index is -0.928. The summed E-state index contributed by atoms with van der Waals surface area (Å²) in [5, 5.41) is 3.36. The first kappa shape index (κ1) is 31.3. The third-order valence-electron chi connectivity index (χ3n) is 8.12. The van der Waals surface area contributed by atoms with Gasteiger partial charge in [0.05, 0.1) is 32.2 Å². The molecule has 1 amide bonds. The van der Waals surface area contributed by atoms with Gasteiger partial charge in [0.1, 0.15) is 29.7 Å². The Bertz CT molecular complexity index is 1140. The quantitative estimate of drug-likeness (QED) is 0.166. The van der Waals surface area contributed by atoms with Gasteiger partial charge in [0, 0.05) is 31.0 Å². The predicted molar refractivity (Wildman–Crippen MR) is 143 cm³/mol. The van der Waals surface area contributed by atoms with E-state index in [-0.39, 0.29) is 79.9 Å². The fraction of sp³-hybridized carbons (Fsp3) is 0.517. The minimum absolute atomic E-state index is 0. The number of carbonyl (C=O) groups excluding carboxylic acids is 3. The second-order valence-corrected chi connectivity index (χ2v) is 10.7. The Morgan fingerprint density at radius 2 is 1.74 bits per heavy atom. The van der Waals surface area contributed by atoms with Crippen molar-refractivity contribution in [3.8, 4) is 0 Å². The number of esters is 2. The largest absolute Gasteiger partial charge is 1.00 e. The van der Waals surface area contributed by atoms with Crippen molar-refractivity contribution in [2.24, 2.45) is 5.92 Å². The molecule has 6 unspecified atom stereocenters. The summed E-state index contributed by atoms with van der Waals surface area (Å²) < 4.78 is 11.0. The highest BCUT2D eigenvalue weighted by molar-refractivity contribution is 6.29. The Balaban J connectivity index is 0.00000420. The van der Waals surface area contributed by atoms with Crippen LogP contribution in [-0.4, -0.2) is 65.7 Å². The molecule has 6 atom stereocenters. The van der Waals surface area contributed by atoms with Gasteiger partial charge in [-0.3, -0.25) is 9.59 Å². The molecule has 0 saturated carbocycles. The van der Waals surface area contributed by atoms with Crippen LogP contribution in [0.5, 0.6) is 0 Å². The number of quaternary nitrogens is 1. The van der Waals surface area contributed by atoms with Crippen LogP contribution in [-0.2, 0) is 30.4 Å². The predicted octanol–water partition coefficient (Wildman–Crippen LogP) is 1.02. The van der Waals surface area contributed by atoms with Gasteiger partial charge >= 0.3 is 11.9 Å². The average molecular weight is 670 g/mol. The van der Waals surface area contributed by atoms with Crippen LogP contribution >= 0.6 is 11.6 Å². The first-order valence-corrected chi connectivity index (χ1v) is 13.8. The van der Waals surface area contributed by atoms with Crippen LogP contribution in [0.3, 0.4) is 0 Å². The number of likely N-dealkylation sites (N-methyl/N-ethyl adjacent to an activating group) is 1. The average Bonchev–Trinajstić information content (AvgIpc) is 3.34. The molecule has 8 nitrogen and oxygen atoms in total. The third-order valence-corrected chi connectivity index (χ3v) is 8.35. The lowest BCUT2D eigenvalue weighted by Gasteiger charge is -2.36. The first-order chi connectivity index (χ1) is 18.3. The molecule has 2 bridgehead atoms. The van der Waals surface area contributed by atoms with Gasteiger partial charge in [0.25, 0.3) is 0 Å². The monoisotopic (exact) mass is 669 g/mol. The van der Waals surface area contributed by atoms with Gasteiger partial charge in [-0.05, 0) is 31.9 Å². The van der Waals surface area contributed by atoms with Crippen LogP contribution in [0.1, 0.15) is 56.6 Å². The van der Waals surface area contributed by atoms with E-state index in [0.717, 1.165) is 29.4 Å². The number of halogens is 2. The Labute approximate surface area is 252 Å². The molecule has 10 heteroatoms. The summed E-state index contributed by atoms with van der Waals surface area (Å²) in [6, 6.07) is 13.4. The summed E-state index contributed by atoms with van der Waals surface area (Å²) in [7, 11) is 2.24. The smallest absolute Gasteiger partial charge is 0.328 e. The second-order valence-electron chi connectivity index (χ2n) is 10.3. The lowest BCUT2D eigenvalue weighted by molar-refractivity contribution is -0.944. The van der Waals surface area contributed by atoms with Gasteiger partial charge in [0.2, 0.25) is 5.91 Å². The van der Waals surface area contributed by atoms with Gasteiger partial charge in [-0.25, -0.2) is 9.78 Å². The molecule has 1 aromatic carbocycles. The second kappa shape index (κ2) is 13.9. The summed E-state index contributed by atoms with van der Waals surface area (Å²) >= 11 is 6.09. The highest BCUT2D eigenvalue weighted by Gasteiger charge is 2.65. The van der Waals surface area contributed by atoms with E-state index in [1.54, 1.807) is 26.1 Å². The normalized spacial score (nSPS) is 25.8. The standard InChI is InChI=1S/C29H36ClN3O5.HI/c1-4-37-25(34)16-12-21(29(36)38-5-2)32-28(35)27-23-14-13-22(26(27)20-11-15-24(30)31-17-20)33(23,3)18-19-9-7-6-8-10-19;/h6-11,15,17,21-23,26-27H,4-5,12-14,16,18H2,1-3H3;1H. The number of ether oxygens (including phenoxy) is 2. The summed E-state index contributed by atoms with van der Waals surface area (Å²) in [5.74, 6) is -1.60. The van der Waals surface area contributed by atoms with E-state index >= 15 is 0 Å². The van der Waals surface area contributed by atoms with Crippen molar-refractivity contribution in [2.75, 3.05) is 20.3 Å². The van der Waals surface area contributed by atoms with E-state index in [1.807, 2.05) is 24.3 Å². The summed E-state index contributed by atoms with van der Waals surface area (Å²) in [5.41, 5.74) is 2.19. The van der Waals surface area contributed by atoms with Crippen LogP contribution < -0.4 is 29.3 Å². The van der Waals surface area contributed by atoms with Crippen molar-refractivity contribution in [3.63, 3.8) is 0 Å². The molecule has 39 heavy (non-hydrogen) atoms. The number of pyridine rings is 1. The number of benzene rings is 1. The molecule has 212 valence electrons. The maximum Gasteiger partial charge on any atom is 0.328 e. The molecule has 1 aromatic heterocycles. The molecule has 2 fully saturated rings. The van der Waals surface area contributed by atoms with Gasteiger partial charge in [-0.2, -0.15) is 0 Å². The van der Waals surface area contributed by atoms with E-state index in [9.17, 15) is 14.4 Å². The van der Waals surface area contributed by atoms with Gasteiger partial charge < -0.3 is 43.3 Å². The molecule has 1 N–H and O–H groups in total. The van der Waals surface area contributed by atoms with Gasteiger partial charge in [-0.15, -0.1) is 0 Å². The number of hydrogen-bond donors (Lipinski definition) is 1. The first-order valence-electron chi connectivity index (χ1n) is 13.4. The fourth-order valence-corrected chi connectivity index (χ4v) is 6.68. The molecule has 2 aliphatic rings. The molecule has 0 spiro atoms. The number of aromatic nitrogens is 1. The Kier molecular flexibility index (Phi) is 11.1. The van der Waals surface area contributed by atoms with E-state index in [4.69, 9.17) is 21.1 Å². The highest BCUT2D eigenvalue weighted by atomic mass is 127. The Hall–Kier alpha value is -2.24. The van der Waals surface area contributed by atoms with Crippen molar-refractivity contribution in [3.05, 3.63) is 64.9 Å². The molecule has 4 rings (SSSR count).